The molecule has 9 heteroatoms. The van der Waals surface area contributed by atoms with Gasteiger partial charge in [0.2, 0.25) is 17.7 Å². The first-order chi connectivity index (χ1) is 16.4. The molecule has 1 saturated carbocycles. The Morgan fingerprint density at radius 2 is 1.91 bits per heavy atom. The highest BCUT2D eigenvalue weighted by Gasteiger charge is 2.33. The zero-order valence-electron chi connectivity index (χ0n) is 20.1. The molecule has 9 nitrogen and oxygen atoms in total. The van der Waals surface area contributed by atoms with Crippen molar-refractivity contribution >= 4 is 23.5 Å². The molecule has 34 heavy (non-hydrogen) atoms. The molecule has 0 aliphatic heterocycles. The number of amides is 3. The minimum Gasteiger partial charge on any atom is -0.383 e. The molecular formula is C25H34N4O5. The third kappa shape index (κ3) is 6.90. The Labute approximate surface area is 200 Å². The van der Waals surface area contributed by atoms with E-state index in [4.69, 9.17) is 9.26 Å². The van der Waals surface area contributed by atoms with Crippen LogP contribution in [0.25, 0.3) is 0 Å². The average molecular weight is 471 g/mol. The minimum absolute atomic E-state index is 0.0427. The number of carbonyl (C=O) groups excluding carboxylic acids is 3. The van der Waals surface area contributed by atoms with Crippen molar-refractivity contribution in [2.75, 3.05) is 25.6 Å². The molecular weight excluding hydrogens is 436 g/mol. The van der Waals surface area contributed by atoms with Gasteiger partial charge in [-0.1, -0.05) is 42.3 Å². The fourth-order valence-electron chi connectivity index (χ4n) is 4.28. The predicted octanol–water partition coefficient (Wildman–Crippen LogP) is 3.29. The Morgan fingerprint density at radius 1 is 1.18 bits per heavy atom. The van der Waals surface area contributed by atoms with Crippen LogP contribution < -0.4 is 10.6 Å². The number of nitrogens with one attached hydrogen (secondary N) is 2. The lowest BCUT2D eigenvalue weighted by Crippen LogP contribution is -2.47. The number of methoxy groups -OCH3 is 1. The lowest BCUT2D eigenvalue weighted by atomic mass is 9.98. The minimum atomic E-state index is -0.800. The molecule has 0 spiro atoms. The van der Waals surface area contributed by atoms with E-state index >= 15 is 0 Å². The number of rotatable bonds is 11. The molecule has 0 radical (unpaired) electrons. The van der Waals surface area contributed by atoms with Crippen molar-refractivity contribution in [1.29, 1.82) is 0 Å². The number of ether oxygens (including phenoxy) is 1. The first-order valence-electron chi connectivity index (χ1n) is 11.8. The van der Waals surface area contributed by atoms with Crippen LogP contribution >= 0.6 is 0 Å². The van der Waals surface area contributed by atoms with Crippen LogP contribution in [0, 0.1) is 13.8 Å². The van der Waals surface area contributed by atoms with Gasteiger partial charge in [-0.25, -0.2) is 0 Å². The second-order valence-electron chi connectivity index (χ2n) is 8.70. The van der Waals surface area contributed by atoms with Crippen LogP contribution in [0.5, 0.6) is 0 Å². The number of aromatic nitrogens is 1. The van der Waals surface area contributed by atoms with Crippen molar-refractivity contribution in [1.82, 2.24) is 15.4 Å². The maximum absolute atomic E-state index is 13.5. The summed E-state index contributed by atoms with van der Waals surface area (Å²) >= 11 is 0. The molecule has 0 saturated heterocycles. The SMILES string of the molecule is COCCN(C(=O)CCC(=O)Nc1cc(C)on1)[C@@H](C(=O)NC1CCCC1)c1ccccc1C. The Morgan fingerprint density at radius 3 is 2.56 bits per heavy atom. The van der Waals surface area contributed by atoms with Crippen LogP contribution in [-0.2, 0) is 19.1 Å². The number of hydrogen-bond donors (Lipinski definition) is 2. The maximum atomic E-state index is 13.5. The molecule has 1 atom stereocenters. The summed E-state index contributed by atoms with van der Waals surface area (Å²) in [5, 5.41) is 9.50. The van der Waals surface area contributed by atoms with Crippen molar-refractivity contribution in [2.24, 2.45) is 0 Å². The lowest BCUT2D eigenvalue weighted by molar-refractivity contribution is -0.142. The molecule has 184 valence electrons. The van der Waals surface area contributed by atoms with Gasteiger partial charge in [0.1, 0.15) is 11.8 Å². The number of carbonyl (C=O) groups is 3. The monoisotopic (exact) mass is 470 g/mol. The molecule has 2 N–H and O–H groups in total. The quantitative estimate of drug-likeness (QED) is 0.521. The van der Waals surface area contributed by atoms with E-state index in [0.29, 0.717) is 11.6 Å². The molecule has 0 bridgehead atoms. The zero-order chi connectivity index (χ0) is 24.5. The van der Waals surface area contributed by atoms with E-state index in [-0.39, 0.29) is 49.8 Å². The van der Waals surface area contributed by atoms with Crippen LogP contribution in [-0.4, -0.2) is 54.1 Å². The van der Waals surface area contributed by atoms with Gasteiger partial charge in [-0.2, -0.15) is 0 Å². The van der Waals surface area contributed by atoms with E-state index in [1.807, 2.05) is 31.2 Å². The van der Waals surface area contributed by atoms with E-state index in [0.717, 1.165) is 36.8 Å². The van der Waals surface area contributed by atoms with Crippen molar-refractivity contribution in [3.63, 3.8) is 0 Å². The molecule has 2 aromatic rings. The largest absolute Gasteiger partial charge is 0.383 e. The molecule has 1 aliphatic rings. The topological polar surface area (TPSA) is 114 Å². The summed E-state index contributed by atoms with van der Waals surface area (Å²) in [4.78, 5) is 40.7. The standard InChI is InChI=1S/C25H34N4O5/c1-17-8-4-7-11-20(17)24(25(32)26-19-9-5-6-10-19)29(14-15-33-3)23(31)13-12-22(30)27-21-16-18(2)34-28-21/h4,7-8,11,16,19,24H,5-6,9-10,12-15H2,1-3H3,(H,26,32)(H,27,28,30)/t24-/m1/s1. The van der Waals surface area contributed by atoms with Crippen molar-refractivity contribution in [3.8, 4) is 0 Å². The van der Waals surface area contributed by atoms with Gasteiger partial charge in [-0.15, -0.1) is 0 Å². The summed E-state index contributed by atoms with van der Waals surface area (Å²) in [7, 11) is 1.55. The summed E-state index contributed by atoms with van der Waals surface area (Å²) in [5.41, 5.74) is 1.69. The fraction of sp³-hybridized carbons (Fsp3) is 0.520. The Kier molecular flexibility index (Phi) is 9.21. The number of anilines is 1. The zero-order valence-corrected chi connectivity index (χ0v) is 20.1. The number of hydrogen-bond acceptors (Lipinski definition) is 6. The van der Waals surface area contributed by atoms with Gasteiger partial charge in [-0.3, -0.25) is 14.4 Å². The van der Waals surface area contributed by atoms with Gasteiger partial charge in [0.05, 0.1) is 6.61 Å². The van der Waals surface area contributed by atoms with Gasteiger partial charge < -0.3 is 24.8 Å². The van der Waals surface area contributed by atoms with E-state index in [1.54, 1.807) is 20.1 Å². The Hall–Kier alpha value is -3.20. The molecule has 1 aromatic carbocycles. The van der Waals surface area contributed by atoms with E-state index < -0.39 is 6.04 Å². The maximum Gasteiger partial charge on any atom is 0.247 e. The van der Waals surface area contributed by atoms with E-state index in [2.05, 4.69) is 15.8 Å². The van der Waals surface area contributed by atoms with Crippen molar-refractivity contribution < 1.29 is 23.6 Å². The first-order valence-corrected chi connectivity index (χ1v) is 11.8. The number of benzene rings is 1. The highest BCUT2D eigenvalue weighted by Crippen LogP contribution is 2.27. The van der Waals surface area contributed by atoms with E-state index in [9.17, 15) is 14.4 Å². The smallest absolute Gasteiger partial charge is 0.247 e. The first kappa shape index (κ1) is 25.4. The summed E-state index contributed by atoms with van der Waals surface area (Å²) in [6.45, 7) is 4.16. The van der Waals surface area contributed by atoms with Gasteiger partial charge >= 0.3 is 0 Å². The fourth-order valence-corrected chi connectivity index (χ4v) is 4.28. The predicted molar refractivity (Wildman–Crippen MR) is 127 cm³/mol. The van der Waals surface area contributed by atoms with Crippen LogP contribution in [0.2, 0.25) is 0 Å². The molecule has 3 rings (SSSR count). The summed E-state index contributed by atoms with van der Waals surface area (Å²) in [6, 6.07) is 8.50. The third-order valence-electron chi connectivity index (χ3n) is 6.06. The Balaban J connectivity index is 1.77. The van der Waals surface area contributed by atoms with E-state index in [1.165, 1.54) is 4.90 Å². The van der Waals surface area contributed by atoms with Crippen LogP contribution in [0.1, 0.15) is 61.5 Å². The lowest BCUT2D eigenvalue weighted by Gasteiger charge is -2.33. The average Bonchev–Trinajstić information content (AvgIpc) is 3.47. The molecule has 1 aromatic heterocycles. The highest BCUT2D eigenvalue weighted by molar-refractivity contribution is 5.94. The normalized spacial score (nSPS) is 14.6. The number of aryl methyl sites for hydroxylation is 2. The van der Waals surface area contributed by atoms with Crippen LogP contribution in [0.15, 0.2) is 34.9 Å². The highest BCUT2D eigenvalue weighted by atomic mass is 16.5. The van der Waals surface area contributed by atoms with Gasteiger partial charge in [0.15, 0.2) is 5.82 Å². The summed E-state index contributed by atoms with van der Waals surface area (Å²) < 4.78 is 10.2. The molecule has 0 unspecified atom stereocenters. The van der Waals surface area contributed by atoms with Crippen molar-refractivity contribution in [3.05, 3.63) is 47.2 Å². The Bertz CT molecular complexity index is 983. The molecule has 1 heterocycles. The third-order valence-corrected chi connectivity index (χ3v) is 6.06. The van der Waals surface area contributed by atoms with Crippen LogP contribution in [0.3, 0.4) is 0 Å². The van der Waals surface area contributed by atoms with Crippen LogP contribution in [0.4, 0.5) is 5.82 Å². The summed E-state index contributed by atoms with van der Waals surface area (Å²) in [6.07, 6.45) is 3.98. The molecule has 3 amide bonds. The summed E-state index contributed by atoms with van der Waals surface area (Å²) in [5.74, 6) is 0.0362. The molecule has 1 fully saturated rings. The second-order valence-corrected chi connectivity index (χ2v) is 8.70. The number of nitrogens with zero attached hydrogens (tertiary/aromatic N) is 2. The van der Waals surface area contributed by atoms with Crippen molar-refractivity contribution in [2.45, 2.75) is 64.5 Å². The van der Waals surface area contributed by atoms with Gasteiger partial charge in [-0.05, 0) is 37.8 Å². The van der Waals surface area contributed by atoms with Gasteiger partial charge in [0.25, 0.3) is 0 Å². The molecule has 1 aliphatic carbocycles. The van der Waals surface area contributed by atoms with Gasteiger partial charge in [0, 0.05) is 38.6 Å². The second kappa shape index (κ2) is 12.3.